The molecule has 0 amide bonds. The third-order valence-corrected chi connectivity index (χ3v) is 7.94. The van der Waals surface area contributed by atoms with E-state index in [0.29, 0.717) is 22.9 Å². The number of halogens is 2. The highest BCUT2D eigenvalue weighted by atomic mass is 19.1. The summed E-state index contributed by atoms with van der Waals surface area (Å²) in [5.41, 5.74) is 0.115. The molecule has 3 saturated carbocycles. The van der Waals surface area contributed by atoms with Gasteiger partial charge >= 0.3 is 5.69 Å². The molecule has 10 heteroatoms. The van der Waals surface area contributed by atoms with Crippen LogP contribution in [-0.4, -0.2) is 48.1 Å². The summed E-state index contributed by atoms with van der Waals surface area (Å²) < 4.78 is 30.3. The summed E-state index contributed by atoms with van der Waals surface area (Å²) in [5.74, 6) is 0.628. The molecule has 3 aliphatic rings. The Morgan fingerprint density at radius 3 is 2.64 bits per heavy atom. The van der Waals surface area contributed by atoms with Crippen LogP contribution in [0.3, 0.4) is 0 Å². The average molecular weight is 495 g/mol. The van der Waals surface area contributed by atoms with Crippen LogP contribution in [-0.2, 0) is 7.05 Å². The van der Waals surface area contributed by atoms with E-state index < -0.39 is 17.8 Å². The first-order valence-electron chi connectivity index (χ1n) is 12.6. The molecule has 0 aliphatic heterocycles. The van der Waals surface area contributed by atoms with E-state index in [1.807, 2.05) is 0 Å². The van der Waals surface area contributed by atoms with Crippen molar-refractivity contribution >= 4 is 5.82 Å². The van der Waals surface area contributed by atoms with Gasteiger partial charge in [0, 0.05) is 24.7 Å². The molecule has 8 nitrogen and oxygen atoms in total. The largest absolute Gasteiger partial charge is 0.507 e. The molecular formula is C26H28F2N6O2. The summed E-state index contributed by atoms with van der Waals surface area (Å²) >= 11 is 0. The fourth-order valence-electron chi connectivity index (χ4n) is 5.92. The number of phenolic OH excluding ortho intramolecular Hbond substituents is 1. The molecule has 6 rings (SSSR count). The molecule has 1 aromatic carbocycles. The highest BCUT2D eigenvalue weighted by molar-refractivity contribution is 5.71. The Morgan fingerprint density at radius 1 is 1.11 bits per heavy atom. The zero-order chi connectivity index (χ0) is 25.0. The van der Waals surface area contributed by atoms with Crippen molar-refractivity contribution < 1.29 is 13.9 Å². The van der Waals surface area contributed by atoms with Crippen LogP contribution >= 0.6 is 0 Å². The maximum absolute atomic E-state index is 15.5. The fraction of sp³-hybridized carbons (Fsp3) is 0.500. The molecule has 3 aromatic rings. The van der Waals surface area contributed by atoms with Crippen LogP contribution in [0.15, 0.2) is 35.3 Å². The Bertz CT molecular complexity index is 1340. The lowest BCUT2D eigenvalue weighted by Gasteiger charge is -2.46. The van der Waals surface area contributed by atoms with Crippen molar-refractivity contribution in [1.82, 2.24) is 24.7 Å². The molecule has 0 saturated heterocycles. The van der Waals surface area contributed by atoms with E-state index in [4.69, 9.17) is 0 Å². The number of benzene rings is 1. The summed E-state index contributed by atoms with van der Waals surface area (Å²) in [4.78, 5) is 22.2. The summed E-state index contributed by atoms with van der Waals surface area (Å²) in [5, 5.41) is 19.3. The Labute approximate surface area is 207 Å². The molecule has 188 valence electrons. The average Bonchev–Trinajstić information content (AvgIpc) is 3.71. The van der Waals surface area contributed by atoms with E-state index in [1.165, 1.54) is 19.5 Å². The molecule has 0 radical (unpaired) electrons. The predicted molar refractivity (Wildman–Crippen MR) is 130 cm³/mol. The molecule has 0 unspecified atom stereocenters. The quantitative estimate of drug-likeness (QED) is 0.535. The summed E-state index contributed by atoms with van der Waals surface area (Å²) in [6.45, 7) is 0. The van der Waals surface area contributed by atoms with Gasteiger partial charge in [0.05, 0.1) is 23.5 Å². The van der Waals surface area contributed by atoms with Crippen LogP contribution in [0.1, 0.15) is 44.9 Å². The lowest BCUT2D eigenvalue weighted by molar-refractivity contribution is 0.0631. The highest BCUT2D eigenvalue weighted by Gasteiger charge is 2.46. The third-order valence-electron chi connectivity index (χ3n) is 7.94. The SMILES string of the molecule is Cn1c(F)cc(-c2ccc(-c3ncc(N(C4CC4)[C@H]4C[C@@H]5CCC[C@@H](C5)[C@H]4F)nn3)c(O)c2)nc1=O. The number of phenols is 1. The first-order valence-corrected chi connectivity index (χ1v) is 12.6. The Hall–Kier alpha value is -3.43. The predicted octanol–water partition coefficient (Wildman–Crippen LogP) is 4.03. The molecule has 4 atom stereocenters. The number of alkyl halides is 1. The van der Waals surface area contributed by atoms with Gasteiger partial charge < -0.3 is 10.0 Å². The van der Waals surface area contributed by atoms with Crippen LogP contribution < -0.4 is 10.6 Å². The number of nitrogens with zero attached hydrogens (tertiary/aromatic N) is 6. The Morgan fingerprint density at radius 2 is 1.94 bits per heavy atom. The fourth-order valence-corrected chi connectivity index (χ4v) is 5.92. The molecule has 2 heterocycles. The van der Waals surface area contributed by atoms with E-state index in [0.717, 1.165) is 49.2 Å². The Balaban J connectivity index is 1.26. The van der Waals surface area contributed by atoms with Gasteiger partial charge in [-0.3, -0.25) is 4.57 Å². The summed E-state index contributed by atoms with van der Waals surface area (Å²) in [6, 6.07) is 5.79. The van der Waals surface area contributed by atoms with Gasteiger partial charge in [-0.05, 0) is 56.1 Å². The second-order valence-corrected chi connectivity index (χ2v) is 10.4. The van der Waals surface area contributed by atoms with Gasteiger partial charge in [0.2, 0.25) is 0 Å². The minimum Gasteiger partial charge on any atom is -0.507 e. The van der Waals surface area contributed by atoms with Crippen molar-refractivity contribution in [1.29, 1.82) is 0 Å². The lowest BCUT2D eigenvalue weighted by Crippen LogP contribution is -2.52. The number of rotatable bonds is 5. The minimum absolute atomic E-state index is 0.116. The maximum Gasteiger partial charge on any atom is 0.350 e. The van der Waals surface area contributed by atoms with E-state index in [-0.39, 0.29) is 35.3 Å². The van der Waals surface area contributed by atoms with Gasteiger partial charge in [0.15, 0.2) is 17.6 Å². The van der Waals surface area contributed by atoms with Crippen molar-refractivity contribution in [2.75, 3.05) is 4.90 Å². The topological polar surface area (TPSA) is 97.0 Å². The molecule has 0 spiro atoms. The van der Waals surface area contributed by atoms with E-state index in [1.54, 1.807) is 18.3 Å². The lowest BCUT2D eigenvalue weighted by atomic mass is 9.69. The number of anilines is 1. The molecule has 1 N–H and O–H groups in total. The van der Waals surface area contributed by atoms with Crippen LogP contribution in [0.25, 0.3) is 22.6 Å². The van der Waals surface area contributed by atoms with Crippen molar-refractivity contribution in [3.8, 4) is 28.4 Å². The zero-order valence-electron chi connectivity index (χ0n) is 20.0. The van der Waals surface area contributed by atoms with Crippen molar-refractivity contribution in [3.63, 3.8) is 0 Å². The second kappa shape index (κ2) is 8.90. The number of aromatic hydroxyl groups is 1. The van der Waals surface area contributed by atoms with Gasteiger partial charge in [0.25, 0.3) is 0 Å². The van der Waals surface area contributed by atoms with Crippen LogP contribution in [0, 0.1) is 17.8 Å². The Kier molecular flexibility index (Phi) is 5.69. The monoisotopic (exact) mass is 494 g/mol. The number of aromatic nitrogens is 5. The first kappa shape index (κ1) is 23.0. The van der Waals surface area contributed by atoms with Gasteiger partial charge in [0.1, 0.15) is 11.9 Å². The standard InChI is InChI=1S/C26H28F2N6O2/c1-33-22(27)12-19(30-26(33)36)15-5-8-18(21(35)11-15)25-29-13-23(31-32-25)34(17-6-7-17)20-10-14-3-2-4-16(9-14)24(20)28/h5,8,11-14,16-17,20,24,35H,2-4,6-7,9-10H2,1H3/t14-,16+,20+,24-/m1/s1. The molecule has 3 aliphatic carbocycles. The summed E-state index contributed by atoms with van der Waals surface area (Å²) in [6.07, 6.45) is 7.88. The number of hydrogen-bond donors (Lipinski definition) is 1. The molecule has 36 heavy (non-hydrogen) atoms. The van der Waals surface area contributed by atoms with Crippen molar-refractivity contribution in [2.45, 2.75) is 63.2 Å². The number of hydrogen-bond acceptors (Lipinski definition) is 7. The van der Waals surface area contributed by atoms with Gasteiger partial charge in [-0.25, -0.2) is 14.2 Å². The third kappa shape index (κ3) is 4.12. The normalized spacial score (nSPS) is 25.5. The van der Waals surface area contributed by atoms with Crippen molar-refractivity contribution in [2.24, 2.45) is 18.9 Å². The van der Waals surface area contributed by atoms with E-state index >= 15 is 4.39 Å². The smallest absolute Gasteiger partial charge is 0.350 e. The van der Waals surface area contributed by atoms with Crippen LogP contribution in [0.2, 0.25) is 0 Å². The van der Waals surface area contributed by atoms with Gasteiger partial charge in [-0.15, -0.1) is 10.2 Å². The first-order chi connectivity index (χ1) is 17.4. The molecular weight excluding hydrogens is 466 g/mol. The second-order valence-electron chi connectivity index (χ2n) is 10.4. The van der Waals surface area contributed by atoms with Crippen LogP contribution in [0.4, 0.5) is 14.6 Å². The maximum atomic E-state index is 15.5. The number of fused-ring (bicyclic) bond motifs is 2. The molecule has 3 fully saturated rings. The van der Waals surface area contributed by atoms with Gasteiger partial charge in [-0.2, -0.15) is 9.37 Å². The van der Waals surface area contributed by atoms with Crippen molar-refractivity contribution in [3.05, 3.63) is 46.9 Å². The zero-order valence-corrected chi connectivity index (χ0v) is 20.0. The molecule has 2 aromatic heterocycles. The van der Waals surface area contributed by atoms with E-state index in [9.17, 15) is 14.3 Å². The molecule has 2 bridgehead atoms. The van der Waals surface area contributed by atoms with Gasteiger partial charge in [-0.1, -0.05) is 18.9 Å². The summed E-state index contributed by atoms with van der Waals surface area (Å²) in [7, 11) is 1.29. The minimum atomic E-state index is -0.867. The van der Waals surface area contributed by atoms with E-state index in [2.05, 4.69) is 25.1 Å². The highest BCUT2D eigenvalue weighted by Crippen LogP contribution is 2.46. The van der Waals surface area contributed by atoms with Crippen LogP contribution in [0.5, 0.6) is 5.75 Å².